The van der Waals surface area contributed by atoms with E-state index >= 15 is 0 Å². The van der Waals surface area contributed by atoms with Gasteiger partial charge in [-0.05, 0) is 42.8 Å². The molecule has 0 aliphatic carbocycles. The first-order chi connectivity index (χ1) is 15.2. The molecule has 3 heterocycles. The molecule has 7 nitrogen and oxygen atoms in total. The molecule has 5 rings (SSSR count). The molecule has 0 unspecified atom stereocenters. The molecule has 160 valence electrons. The van der Waals surface area contributed by atoms with Gasteiger partial charge in [0.15, 0.2) is 5.58 Å². The van der Waals surface area contributed by atoms with Crippen molar-refractivity contribution >= 4 is 22.7 Å². The van der Waals surface area contributed by atoms with Crippen LogP contribution < -0.4 is 10.2 Å². The number of fused-ring (bicyclic) bond motifs is 1. The molecule has 2 aliphatic heterocycles. The second-order valence-electron chi connectivity index (χ2n) is 8.00. The Bertz CT molecular complexity index is 1110. The molecule has 2 aliphatic rings. The quantitative estimate of drug-likeness (QED) is 0.666. The first kappa shape index (κ1) is 19.8. The lowest BCUT2D eigenvalue weighted by atomic mass is 9.90. The molecule has 7 heteroatoms. The average molecular weight is 419 g/mol. The zero-order valence-electron chi connectivity index (χ0n) is 17.5. The standard InChI is InChI=1S/C24H25N3O4/c1-2-15-14-22(28)26-27-23(15)17-5-8-20-21(13-17)31-24(25-20)16-3-6-18(7-4-16)30-19-9-11-29-12-10-19/h3-8,13,15,19H,2,9-12,14H2,1H3,(H,26,28)/t15-/m1/s1. The molecule has 31 heavy (non-hydrogen) atoms. The number of benzene rings is 2. The number of rotatable bonds is 5. The topological polar surface area (TPSA) is 86.0 Å². The van der Waals surface area contributed by atoms with Crippen molar-refractivity contribution in [3.05, 3.63) is 48.0 Å². The summed E-state index contributed by atoms with van der Waals surface area (Å²) < 4.78 is 17.5. The van der Waals surface area contributed by atoms with Crippen LogP contribution in [0.5, 0.6) is 5.75 Å². The van der Waals surface area contributed by atoms with Crippen molar-refractivity contribution in [2.24, 2.45) is 11.0 Å². The van der Waals surface area contributed by atoms with E-state index in [1.54, 1.807) is 0 Å². The number of nitrogens with zero attached hydrogens (tertiary/aromatic N) is 2. The summed E-state index contributed by atoms with van der Waals surface area (Å²) in [4.78, 5) is 16.3. The van der Waals surface area contributed by atoms with E-state index in [-0.39, 0.29) is 17.9 Å². The van der Waals surface area contributed by atoms with E-state index in [0.29, 0.717) is 17.9 Å². The summed E-state index contributed by atoms with van der Waals surface area (Å²) in [7, 11) is 0. The fourth-order valence-electron chi connectivity index (χ4n) is 4.09. The smallest absolute Gasteiger partial charge is 0.240 e. The van der Waals surface area contributed by atoms with E-state index in [4.69, 9.17) is 13.9 Å². The monoisotopic (exact) mass is 419 g/mol. The SMILES string of the molecule is CC[C@@H]1CC(=O)NN=C1c1ccc2nc(-c3ccc(OC4CCOCC4)cc3)oc2c1. The summed E-state index contributed by atoms with van der Waals surface area (Å²) >= 11 is 0. The Hall–Kier alpha value is -3.19. The van der Waals surface area contributed by atoms with Gasteiger partial charge in [-0.25, -0.2) is 10.4 Å². The van der Waals surface area contributed by atoms with Crippen LogP contribution in [0.1, 0.15) is 38.2 Å². The highest BCUT2D eigenvalue weighted by Gasteiger charge is 2.24. The molecule has 1 atom stereocenters. The molecule has 1 aromatic heterocycles. The third-order valence-electron chi connectivity index (χ3n) is 5.87. The molecule has 1 amide bonds. The first-order valence-corrected chi connectivity index (χ1v) is 10.8. The number of aromatic nitrogens is 1. The van der Waals surface area contributed by atoms with E-state index < -0.39 is 0 Å². The van der Waals surface area contributed by atoms with Gasteiger partial charge in [0.1, 0.15) is 17.4 Å². The Morgan fingerprint density at radius 2 is 1.87 bits per heavy atom. The largest absolute Gasteiger partial charge is 0.490 e. The van der Waals surface area contributed by atoms with Gasteiger partial charge in [-0.3, -0.25) is 4.79 Å². The van der Waals surface area contributed by atoms with Crippen LogP contribution in [0.25, 0.3) is 22.6 Å². The maximum Gasteiger partial charge on any atom is 0.240 e. The highest BCUT2D eigenvalue weighted by Crippen LogP contribution is 2.29. The number of nitrogens with one attached hydrogen (secondary N) is 1. The minimum Gasteiger partial charge on any atom is -0.490 e. The molecular formula is C24H25N3O4. The molecule has 3 aromatic rings. The lowest BCUT2D eigenvalue weighted by Crippen LogP contribution is -2.33. The van der Waals surface area contributed by atoms with Crippen molar-refractivity contribution < 1.29 is 18.7 Å². The highest BCUT2D eigenvalue weighted by molar-refractivity contribution is 6.07. The maximum absolute atomic E-state index is 11.7. The molecular weight excluding hydrogens is 394 g/mol. The third kappa shape index (κ3) is 4.18. The van der Waals surface area contributed by atoms with Crippen LogP contribution in [0.4, 0.5) is 0 Å². The molecule has 0 bridgehead atoms. The summed E-state index contributed by atoms with van der Waals surface area (Å²) in [5.41, 5.74) is 6.80. The number of carbonyl (C=O) groups is 1. The summed E-state index contributed by atoms with van der Waals surface area (Å²) in [6.45, 7) is 3.58. The third-order valence-corrected chi connectivity index (χ3v) is 5.87. The molecule has 2 aromatic carbocycles. The number of oxazole rings is 1. The van der Waals surface area contributed by atoms with Crippen LogP contribution >= 0.6 is 0 Å². The molecule has 1 saturated heterocycles. The summed E-state index contributed by atoms with van der Waals surface area (Å²) in [5.74, 6) is 1.48. The van der Waals surface area contributed by atoms with Gasteiger partial charge in [0.05, 0.1) is 18.9 Å². The normalized spacial score (nSPS) is 19.8. The Labute approximate surface area is 180 Å². The van der Waals surface area contributed by atoms with E-state index in [1.807, 2.05) is 42.5 Å². The predicted octanol–water partition coefficient (Wildman–Crippen LogP) is 4.30. The molecule has 0 spiro atoms. The van der Waals surface area contributed by atoms with E-state index in [0.717, 1.165) is 60.6 Å². The van der Waals surface area contributed by atoms with Crippen LogP contribution in [-0.2, 0) is 9.53 Å². The van der Waals surface area contributed by atoms with Gasteiger partial charge in [0.25, 0.3) is 0 Å². The lowest BCUT2D eigenvalue weighted by Gasteiger charge is -2.23. The van der Waals surface area contributed by atoms with Crippen LogP contribution in [0.3, 0.4) is 0 Å². The van der Waals surface area contributed by atoms with Crippen LogP contribution in [-0.4, -0.2) is 35.9 Å². The number of hydrogen-bond donors (Lipinski definition) is 1. The predicted molar refractivity (Wildman–Crippen MR) is 117 cm³/mol. The van der Waals surface area contributed by atoms with E-state index in [1.165, 1.54) is 0 Å². The minimum absolute atomic E-state index is 0.0390. The molecule has 1 N–H and O–H groups in total. The van der Waals surface area contributed by atoms with Gasteiger partial charge in [0, 0.05) is 36.3 Å². The second-order valence-corrected chi connectivity index (χ2v) is 8.00. The van der Waals surface area contributed by atoms with Gasteiger partial charge in [-0.1, -0.05) is 13.0 Å². The van der Waals surface area contributed by atoms with E-state index in [9.17, 15) is 4.79 Å². The van der Waals surface area contributed by atoms with Gasteiger partial charge in [0.2, 0.25) is 11.8 Å². The van der Waals surface area contributed by atoms with Gasteiger partial charge in [-0.15, -0.1) is 0 Å². The Morgan fingerprint density at radius 3 is 2.65 bits per heavy atom. The minimum atomic E-state index is -0.0390. The average Bonchev–Trinajstić information content (AvgIpc) is 3.23. The fraction of sp³-hybridized carbons (Fsp3) is 0.375. The summed E-state index contributed by atoms with van der Waals surface area (Å²) in [5, 5.41) is 4.30. The molecule has 0 saturated carbocycles. The van der Waals surface area contributed by atoms with E-state index in [2.05, 4.69) is 22.4 Å². The van der Waals surface area contributed by atoms with Gasteiger partial charge in [-0.2, -0.15) is 5.10 Å². The Balaban J connectivity index is 1.37. The van der Waals surface area contributed by atoms with Gasteiger partial charge >= 0.3 is 0 Å². The molecule has 1 fully saturated rings. The second kappa shape index (κ2) is 8.51. The van der Waals surface area contributed by atoms with Crippen molar-refractivity contribution in [3.63, 3.8) is 0 Å². The fourth-order valence-corrected chi connectivity index (χ4v) is 4.09. The zero-order valence-corrected chi connectivity index (χ0v) is 17.5. The Kier molecular flexibility index (Phi) is 5.42. The Morgan fingerprint density at radius 1 is 1.10 bits per heavy atom. The summed E-state index contributed by atoms with van der Waals surface area (Å²) in [6.07, 6.45) is 3.36. The maximum atomic E-state index is 11.7. The number of ether oxygens (including phenoxy) is 2. The van der Waals surface area contributed by atoms with Crippen molar-refractivity contribution in [2.45, 2.75) is 38.7 Å². The first-order valence-electron chi connectivity index (χ1n) is 10.8. The van der Waals surface area contributed by atoms with Crippen molar-refractivity contribution in [1.82, 2.24) is 10.4 Å². The van der Waals surface area contributed by atoms with Crippen LogP contribution in [0.15, 0.2) is 52.0 Å². The number of hydrazone groups is 1. The number of hydrogen-bond acceptors (Lipinski definition) is 6. The highest BCUT2D eigenvalue weighted by atomic mass is 16.5. The zero-order chi connectivity index (χ0) is 21.2. The lowest BCUT2D eigenvalue weighted by molar-refractivity contribution is -0.122. The number of amides is 1. The summed E-state index contributed by atoms with van der Waals surface area (Å²) in [6, 6.07) is 13.7. The van der Waals surface area contributed by atoms with Gasteiger partial charge < -0.3 is 13.9 Å². The number of carbonyl (C=O) groups excluding carboxylic acids is 1. The van der Waals surface area contributed by atoms with Crippen LogP contribution in [0, 0.1) is 5.92 Å². The van der Waals surface area contributed by atoms with Crippen molar-refractivity contribution in [1.29, 1.82) is 0 Å². The van der Waals surface area contributed by atoms with Crippen molar-refractivity contribution in [2.75, 3.05) is 13.2 Å². The molecule has 0 radical (unpaired) electrons. The van der Waals surface area contributed by atoms with Crippen LogP contribution in [0.2, 0.25) is 0 Å². The van der Waals surface area contributed by atoms with Crippen molar-refractivity contribution in [3.8, 4) is 17.2 Å².